The van der Waals surface area contributed by atoms with Gasteiger partial charge in [0.25, 0.3) is 10.0 Å². The lowest BCUT2D eigenvalue weighted by molar-refractivity contribution is -0.139. The summed E-state index contributed by atoms with van der Waals surface area (Å²) in [5, 5.41) is 2.82. The molecule has 4 aromatic carbocycles. The van der Waals surface area contributed by atoms with Gasteiger partial charge in [0.2, 0.25) is 11.8 Å². The number of carbonyl (C=O) groups excluding carboxylic acids is 2. The summed E-state index contributed by atoms with van der Waals surface area (Å²) in [6.07, 6.45) is 0.890. The van der Waals surface area contributed by atoms with Crippen LogP contribution < -0.4 is 14.4 Å². The molecule has 0 bridgehead atoms. The number of sulfonamides is 1. The molecule has 0 fully saturated rings. The van der Waals surface area contributed by atoms with Crippen LogP contribution in [0.25, 0.3) is 0 Å². The number of likely N-dealkylation sites (N-methyl/N-ethyl adjacent to an activating group) is 1. The molecular formula is C35H39N3O5S. The maximum atomic E-state index is 14.1. The number of para-hydroxylation sites is 1. The van der Waals surface area contributed by atoms with E-state index in [1.165, 1.54) is 17.0 Å². The molecule has 0 aliphatic carbocycles. The molecule has 9 heteroatoms. The number of hydrogen-bond donors (Lipinski definition) is 1. The highest BCUT2D eigenvalue weighted by Gasteiger charge is 2.33. The van der Waals surface area contributed by atoms with Crippen LogP contribution in [0.5, 0.6) is 11.5 Å². The van der Waals surface area contributed by atoms with Gasteiger partial charge in [-0.05, 0) is 80.8 Å². The second kappa shape index (κ2) is 15.2. The molecule has 44 heavy (non-hydrogen) atoms. The number of aryl methyl sites for hydroxylation is 1. The van der Waals surface area contributed by atoms with E-state index in [0.29, 0.717) is 36.6 Å². The summed E-state index contributed by atoms with van der Waals surface area (Å²) < 4.78 is 35.2. The Bertz CT molecular complexity index is 1610. The Morgan fingerprint density at radius 3 is 1.98 bits per heavy atom. The Balaban J connectivity index is 1.69. The number of benzene rings is 4. The molecule has 0 radical (unpaired) electrons. The van der Waals surface area contributed by atoms with E-state index in [9.17, 15) is 18.0 Å². The highest BCUT2D eigenvalue weighted by atomic mass is 32.2. The number of amides is 2. The van der Waals surface area contributed by atoms with Gasteiger partial charge in [0, 0.05) is 13.1 Å². The molecule has 0 unspecified atom stereocenters. The van der Waals surface area contributed by atoms with E-state index < -0.39 is 28.5 Å². The Morgan fingerprint density at radius 2 is 1.39 bits per heavy atom. The van der Waals surface area contributed by atoms with Crippen molar-refractivity contribution in [1.82, 2.24) is 10.2 Å². The van der Waals surface area contributed by atoms with Gasteiger partial charge in [0.1, 0.15) is 24.1 Å². The second-order valence-corrected chi connectivity index (χ2v) is 12.2. The third-order valence-corrected chi connectivity index (χ3v) is 9.00. The van der Waals surface area contributed by atoms with Crippen molar-refractivity contribution in [3.8, 4) is 11.5 Å². The molecule has 230 valence electrons. The van der Waals surface area contributed by atoms with E-state index in [0.717, 1.165) is 15.4 Å². The molecule has 0 heterocycles. The van der Waals surface area contributed by atoms with Crippen LogP contribution in [0.1, 0.15) is 31.4 Å². The third-order valence-electron chi connectivity index (χ3n) is 7.21. The monoisotopic (exact) mass is 613 g/mol. The van der Waals surface area contributed by atoms with Crippen molar-refractivity contribution in [3.63, 3.8) is 0 Å². The molecule has 8 nitrogen and oxygen atoms in total. The third kappa shape index (κ3) is 8.26. The predicted octanol–water partition coefficient (Wildman–Crippen LogP) is 5.97. The summed E-state index contributed by atoms with van der Waals surface area (Å²) in [5.74, 6) is 0.418. The molecule has 0 aliphatic heterocycles. The van der Waals surface area contributed by atoms with E-state index in [1.807, 2.05) is 81.4 Å². The summed E-state index contributed by atoms with van der Waals surface area (Å²) in [6, 6.07) is 31.3. The van der Waals surface area contributed by atoms with Crippen molar-refractivity contribution < 1.29 is 22.7 Å². The maximum Gasteiger partial charge on any atom is 0.264 e. The minimum Gasteiger partial charge on any atom is -0.457 e. The molecule has 4 rings (SSSR count). The van der Waals surface area contributed by atoms with Crippen molar-refractivity contribution in [2.75, 3.05) is 23.9 Å². The zero-order chi connectivity index (χ0) is 31.5. The fourth-order valence-corrected chi connectivity index (χ4v) is 6.27. The molecule has 4 aromatic rings. The van der Waals surface area contributed by atoms with Gasteiger partial charge in [-0.25, -0.2) is 8.42 Å². The van der Waals surface area contributed by atoms with Crippen molar-refractivity contribution in [2.45, 2.75) is 44.6 Å². The molecule has 0 aliphatic rings. The maximum absolute atomic E-state index is 14.1. The first-order valence-electron chi connectivity index (χ1n) is 14.8. The summed E-state index contributed by atoms with van der Waals surface area (Å²) in [6.45, 7) is 5.72. The van der Waals surface area contributed by atoms with E-state index >= 15 is 0 Å². The molecule has 0 saturated carbocycles. The van der Waals surface area contributed by atoms with Crippen LogP contribution in [0.2, 0.25) is 0 Å². The van der Waals surface area contributed by atoms with Crippen molar-refractivity contribution in [3.05, 3.63) is 120 Å². The number of anilines is 1. The van der Waals surface area contributed by atoms with E-state index in [1.54, 1.807) is 36.4 Å². The fourth-order valence-electron chi connectivity index (χ4n) is 4.86. The zero-order valence-corrected chi connectivity index (χ0v) is 26.2. The van der Waals surface area contributed by atoms with Crippen LogP contribution in [0.15, 0.2) is 114 Å². The van der Waals surface area contributed by atoms with Crippen LogP contribution in [0, 0.1) is 6.92 Å². The number of rotatable bonds is 14. The largest absolute Gasteiger partial charge is 0.457 e. The van der Waals surface area contributed by atoms with Crippen LogP contribution in [0.3, 0.4) is 0 Å². The van der Waals surface area contributed by atoms with Crippen LogP contribution in [-0.4, -0.2) is 50.8 Å². The zero-order valence-electron chi connectivity index (χ0n) is 25.3. The summed E-state index contributed by atoms with van der Waals surface area (Å²) >= 11 is 0. The first kappa shape index (κ1) is 32.3. The van der Waals surface area contributed by atoms with E-state index in [4.69, 9.17) is 4.74 Å². The molecular weight excluding hydrogens is 574 g/mol. The summed E-state index contributed by atoms with van der Waals surface area (Å²) in [5.41, 5.74) is 2.22. The second-order valence-electron chi connectivity index (χ2n) is 10.4. The SMILES string of the molecule is CCNC(=O)[C@@H](CC)N(CCc1ccccc1)C(=O)CN(c1ccc(Oc2ccccc2)cc1)S(=O)(=O)c1ccc(C)cc1. The Labute approximate surface area is 260 Å². The van der Waals surface area contributed by atoms with Crippen LogP contribution >= 0.6 is 0 Å². The molecule has 1 N–H and O–H groups in total. The van der Waals surface area contributed by atoms with Gasteiger partial charge in [-0.1, -0.05) is 73.2 Å². The molecule has 0 aromatic heterocycles. The quantitative estimate of drug-likeness (QED) is 0.189. The first-order valence-corrected chi connectivity index (χ1v) is 16.2. The Morgan fingerprint density at radius 1 is 0.795 bits per heavy atom. The van der Waals surface area contributed by atoms with E-state index in [-0.39, 0.29) is 17.3 Å². The summed E-state index contributed by atoms with van der Waals surface area (Å²) in [7, 11) is -4.16. The molecule has 0 spiro atoms. The van der Waals surface area contributed by atoms with Gasteiger partial charge in [-0.15, -0.1) is 0 Å². The van der Waals surface area contributed by atoms with Crippen molar-refractivity contribution >= 4 is 27.5 Å². The number of nitrogens with zero attached hydrogens (tertiary/aromatic N) is 2. The lowest BCUT2D eigenvalue weighted by Crippen LogP contribution is -2.53. The Hall–Kier alpha value is -4.63. The molecule has 2 amide bonds. The van der Waals surface area contributed by atoms with Gasteiger partial charge >= 0.3 is 0 Å². The standard InChI is InChI=1S/C35H39N3O5S/c1-4-33(35(40)36-5-2)37(25-24-28-12-8-6-9-13-28)34(39)26-38(44(41,42)32-22-16-27(3)17-23-32)29-18-20-31(21-19-29)43-30-14-10-7-11-15-30/h6-23,33H,4-5,24-26H2,1-3H3,(H,36,40)/t33-/m1/s1. The van der Waals surface area contributed by atoms with E-state index in [2.05, 4.69) is 5.32 Å². The highest BCUT2D eigenvalue weighted by molar-refractivity contribution is 7.92. The van der Waals surface area contributed by atoms with Gasteiger partial charge in [0.15, 0.2) is 0 Å². The average molecular weight is 614 g/mol. The van der Waals surface area contributed by atoms with Crippen LogP contribution in [0.4, 0.5) is 5.69 Å². The lowest BCUT2D eigenvalue weighted by Gasteiger charge is -2.33. The topological polar surface area (TPSA) is 96.0 Å². The van der Waals surface area contributed by atoms with Crippen LogP contribution in [-0.2, 0) is 26.0 Å². The minimum absolute atomic E-state index is 0.0621. The highest BCUT2D eigenvalue weighted by Crippen LogP contribution is 2.28. The summed E-state index contributed by atoms with van der Waals surface area (Å²) in [4.78, 5) is 28.8. The van der Waals surface area contributed by atoms with Gasteiger partial charge in [-0.3, -0.25) is 13.9 Å². The van der Waals surface area contributed by atoms with Crippen molar-refractivity contribution in [2.24, 2.45) is 0 Å². The number of hydrogen-bond acceptors (Lipinski definition) is 5. The predicted molar refractivity (Wildman–Crippen MR) is 173 cm³/mol. The smallest absolute Gasteiger partial charge is 0.264 e. The fraction of sp³-hybridized carbons (Fsp3) is 0.257. The molecule has 1 atom stereocenters. The minimum atomic E-state index is -4.16. The first-order chi connectivity index (χ1) is 21.2. The van der Waals surface area contributed by atoms with Gasteiger partial charge in [0.05, 0.1) is 10.6 Å². The number of carbonyl (C=O) groups is 2. The number of nitrogens with one attached hydrogen (secondary N) is 1. The van der Waals surface area contributed by atoms with Gasteiger partial charge < -0.3 is 15.0 Å². The molecule has 0 saturated heterocycles. The van der Waals surface area contributed by atoms with Crippen molar-refractivity contribution in [1.29, 1.82) is 0 Å². The lowest BCUT2D eigenvalue weighted by atomic mass is 10.1. The number of ether oxygens (including phenoxy) is 1. The van der Waals surface area contributed by atoms with Gasteiger partial charge in [-0.2, -0.15) is 0 Å². The average Bonchev–Trinajstić information content (AvgIpc) is 3.03. The normalized spacial score (nSPS) is 11.8. The Kier molecular flexibility index (Phi) is 11.2.